The molecule has 7 heteroatoms. The third kappa shape index (κ3) is 3.47. The summed E-state index contributed by atoms with van der Waals surface area (Å²) in [6.45, 7) is 0. The zero-order chi connectivity index (χ0) is 14.8. The van der Waals surface area contributed by atoms with Gasteiger partial charge in [0.05, 0.1) is 27.1 Å². The lowest BCUT2D eigenvalue weighted by atomic mass is 10.2. The summed E-state index contributed by atoms with van der Waals surface area (Å²) < 4.78 is 29.9. The molecule has 0 spiro atoms. The second-order valence-corrected chi connectivity index (χ2v) is 8.31. The molecule has 106 valence electrons. The summed E-state index contributed by atoms with van der Waals surface area (Å²) in [7, 11) is -2.14. The van der Waals surface area contributed by atoms with Crippen molar-refractivity contribution in [1.29, 1.82) is 0 Å². The molecular weight excluding hydrogens is 364 g/mol. The number of methoxy groups -OCH3 is 1. The maximum Gasteiger partial charge on any atom is 0.337 e. The highest BCUT2D eigenvalue weighted by atomic mass is 79.9. The van der Waals surface area contributed by atoms with Gasteiger partial charge in [-0.05, 0) is 57.2 Å². The van der Waals surface area contributed by atoms with Crippen molar-refractivity contribution in [2.45, 2.75) is 10.6 Å². The number of benzene rings is 1. The van der Waals surface area contributed by atoms with E-state index in [4.69, 9.17) is 0 Å². The van der Waals surface area contributed by atoms with E-state index < -0.39 is 15.8 Å². The first-order chi connectivity index (χ1) is 9.42. The summed E-state index contributed by atoms with van der Waals surface area (Å²) >= 11 is 4.74. The van der Waals surface area contributed by atoms with Gasteiger partial charge >= 0.3 is 5.97 Å². The fourth-order valence-electron chi connectivity index (χ4n) is 1.64. The molecule has 0 unspecified atom stereocenters. The van der Waals surface area contributed by atoms with E-state index in [1.165, 1.54) is 42.7 Å². The monoisotopic (exact) mass is 374 g/mol. The van der Waals surface area contributed by atoms with E-state index >= 15 is 0 Å². The third-order valence-corrected chi connectivity index (χ3v) is 5.87. The summed E-state index contributed by atoms with van der Waals surface area (Å²) in [5.41, 5.74) is 1.06. The van der Waals surface area contributed by atoms with Gasteiger partial charge in [0.2, 0.25) is 0 Å². The molecule has 0 atom stereocenters. The normalized spacial score (nSPS) is 11.3. The van der Waals surface area contributed by atoms with Gasteiger partial charge in [0, 0.05) is 0 Å². The van der Waals surface area contributed by atoms with Crippen molar-refractivity contribution in [2.75, 3.05) is 7.11 Å². The fraction of sp³-hybridized carbons (Fsp3) is 0.154. The summed E-state index contributed by atoms with van der Waals surface area (Å²) in [5.74, 6) is -0.553. The van der Waals surface area contributed by atoms with Gasteiger partial charge in [-0.1, -0.05) is 0 Å². The average Bonchev–Trinajstić information content (AvgIpc) is 2.82. The molecule has 0 saturated carbocycles. The lowest BCUT2D eigenvalue weighted by Crippen LogP contribution is -2.06. The number of rotatable bonds is 4. The van der Waals surface area contributed by atoms with E-state index in [0.717, 1.165) is 9.35 Å². The van der Waals surface area contributed by atoms with E-state index in [0.29, 0.717) is 5.56 Å². The van der Waals surface area contributed by atoms with Crippen LogP contribution in [0.5, 0.6) is 0 Å². The van der Waals surface area contributed by atoms with Crippen molar-refractivity contribution in [3.63, 3.8) is 0 Å². The Kier molecular flexibility index (Phi) is 4.62. The van der Waals surface area contributed by atoms with Crippen LogP contribution < -0.4 is 0 Å². The van der Waals surface area contributed by atoms with Crippen molar-refractivity contribution in [1.82, 2.24) is 0 Å². The van der Waals surface area contributed by atoms with E-state index in [1.807, 2.05) is 0 Å². The Morgan fingerprint density at radius 3 is 2.45 bits per heavy atom. The molecule has 0 bridgehead atoms. The van der Waals surface area contributed by atoms with Crippen molar-refractivity contribution < 1.29 is 17.9 Å². The van der Waals surface area contributed by atoms with Crippen LogP contribution in [0.2, 0.25) is 0 Å². The van der Waals surface area contributed by atoms with Crippen LogP contribution in [0.15, 0.2) is 44.4 Å². The van der Waals surface area contributed by atoms with Crippen LogP contribution in [0.3, 0.4) is 0 Å². The molecule has 1 aromatic carbocycles. The predicted molar refractivity (Wildman–Crippen MR) is 80.7 cm³/mol. The zero-order valence-electron chi connectivity index (χ0n) is 10.5. The quantitative estimate of drug-likeness (QED) is 0.770. The maximum atomic E-state index is 12.2. The van der Waals surface area contributed by atoms with Gasteiger partial charge in [-0.2, -0.15) is 0 Å². The number of halogens is 1. The maximum absolute atomic E-state index is 12.2. The summed E-state index contributed by atoms with van der Waals surface area (Å²) in [6.07, 6.45) is 0. The van der Waals surface area contributed by atoms with Gasteiger partial charge < -0.3 is 4.74 Å². The fourth-order valence-corrected chi connectivity index (χ4v) is 4.28. The minimum absolute atomic E-state index is 0.0628. The molecular formula is C13H11BrO4S2. The number of sulfone groups is 1. The highest BCUT2D eigenvalue weighted by molar-refractivity contribution is 9.11. The number of thiophene rings is 1. The lowest BCUT2D eigenvalue weighted by molar-refractivity contribution is 0.0600. The standard InChI is InChI=1S/C13H11BrO4S2/c1-18-13(15)10-2-4-11(5-3-10)20(16,17)8-9-6-12(14)19-7-9/h2-7H,8H2,1H3. The first kappa shape index (κ1) is 15.2. The van der Waals surface area contributed by atoms with Gasteiger partial charge in [-0.15, -0.1) is 11.3 Å². The van der Waals surface area contributed by atoms with Crippen LogP contribution in [0, 0.1) is 0 Å². The molecule has 0 radical (unpaired) electrons. The highest BCUT2D eigenvalue weighted by Gasteiger charge is 2.17. The van der Waals surface area contributed by atoms with E-state index in [2.05, 4.69) is 20.7 Å². The molecule has 0 aliphatic heterocycles. The van der Waals surface area contributed by atoms with E-state index in [1.54, 1.807) is 11.4 Å². The van der Waals surface area contributed by atoms with Crippen molar-refractivity contribution >= 4 is 43.1 Å². The van der Waals surface area contributed by atoms with Crippen LogP contribution in [0.4, 0.5) is 0 Å². The second-order valence-electron chi connectivity index (χ2n) is 4.03. The van der Waals surface area contributed by atoms with Crippen molar-refractivity contribution in [2.24, 2.45) is 0 Å². The van der Waals surface area contributed by atoms with Crippen molar-refractivity contribution in [3.8, 4) is 0 Å². The molecule has 0 aliphatic carbocycles. The molecule has 1 aromatic heterocycles. The molecule has 20 heavy (non-hydrogen) atoms. The van der Waals surface area contributed by atoms with Gasteiger partial charge in [0.25, 0.3) is 0 Å². The summed E-state index contributed by atoms with van der Waals surface area (Å²) in [4.78, 5) is 11.5. The Morgan fingerprint density at radius 1 is 1.30 bits per heavy atom. The topological polar surface area (TPSA) is 60.4 Å². The number of ether oxygens (including phenoxy) is 1. The Bertz CT molecular complexity index is 717. The van der Waals surface area contributed by atoms with E-state index in [-0.39, 0.29) is 10.6 Å². The number of hydrogen-bond donors (Lipinski definition) is 0. The minimum Gasteiger partial charge on any atom is -0.465 e. The molecule has 2 rings (SSSR count). The number of hydrogen-bond acceptors (Lipinski definition) is 5. The largest absolute Gasteiger partial charge is 0.465 e. The predicted octanol–water partition coefficient (Wildman–Crippen LogP) is 3.27. The zero-order valence-corrected chi connectivity index (χ0v) is 13.7. The molecule has 0 amide bonds. The lowest BCUT2D eigenvalue weighted by Gasteiger charge is -2.04. The third-order valence-electron chi connectivity index (χ3n) is 2.61. The molecule has 1 heterocycles. The van der Waals surface area contributed by atoms with Crippen molar-refractivity contribution in [3.05, 3.63) is 50.6 Å². The van der Waals surface area contributed by atoms with Crippen LogP contribution >= 0.6 is 27.3 Å². The highest BCUT2D eigenvalue weighted by Crippen LogP contribution is 2.24. The average molecular weight is 375 g/mol. The van der Waals surface area contributed by atoms with E-state index in [9.17, 15) is 13.2 Å². The first-order valence-corrected chi connectivity index (χ1v) is 8.89. The van der Waals surface area contributed by atoms with Gasteiger partial charge in [0.15, 0.2) is 9.84 Å². The SMILES string of the molecule is COC(=O)c1ccc(S(=O)(=O)Cc2csc(Br)c2)cc1. The molecule has 0 fully saturated rings. The minimum atomic E-state index is -3.42. The molecule has 4 nitrogen and oxygen atoms in total. The Labute approximate surface area is 129 Å². The van der Waals surface area contributed by atoms with Crippen LogP contribution in [-0.2, 0) is 20.3 Å². The first-order valence-electron chi connectivity index (χ1n) is 5.56. The second kappa shape index (κ2) is 6.07. The number of esters is 1. The Hall–Kier alpha value is -1.18. The molecule has 0 aliphatic rings. The van der Waals surface area contributed by atoms with Crippen LogP contribution in [-0.4, -0.2) is 21.5 Å². The van der Waals surface area contributed by atoms with Crippen LogP contribution in [0.25, 0.3) is 0 Å². The molecule has 0 N–H and O–H groups in total. The molecule has 2 aromatic rings. The Morgan fingerprint density at radius 2 is 1.95 bits per heavy atom. The summed E-state index contributed by atoms with van der Waals surface area (Å²) in [5, 5.41) is 1.80. The summed E-state index contributed by atoms with van der Waals surface area (Å²) in [6, 6.07) is 7.52. The number of carbonyl (C=O) groups is 1. The Balaban J connectivity index is 2.23. The van der Waals surface area contributed by atoms with Crippen LogP contribution in [0.1, 0.15) is 15.9 Å². The number of carbonyl (C=O) groups excluding carboxylic acids is 1. The smallest absolute Gasteiger partial charge is 0.337 e. The van der Waals surface area contributed by atoms with Gasteiger partial charge in [-0.25, -0.2) is 13.2 Å². The van der Waals surface area contributed by atoms with Gasteiger partial charge in [-0.3, -0.25) is 0 Å². The van der Waals surface area contributed by atoms with Gasteiger partial charge in [0.1, 0.15) is 0 Å². The molecule has 0 saturated heterocycles.